The zero-order chi connectivity index (χ0) is 21.5. The summed E-state index contributed by atoms with van der Waals surface area (Å²) in [5.41, 5.74) is -0.885. The topological polar surface area (TPSA) is 31.2 Å². The number of hydrogen-bond acceptors (Lipinski definition) is 3. The van der Waals surface area contributed by atoms with Gasteiger partial charge in [-0.05, 0) is 46.4 Å². The number of alkyl halides is 3. The van der Waals surface area contributed by atoms with Gasteiger partial charge in [-0.3, -0.25) is 5.01 Å². The van der Waals surface area contributed by atoms with E-state index in [1.165, 1.54) is 12.2 Å². The first kappa shape index (κ1) is 23.9. The maximum atomic E-state index is 12.9. The highest BCUT2D eigenvalue weighted by Gasteiger charge is 2.32. The van der Waals surface area contributed by atoms with Crippen LogP contribution in [-0.2, 0) is 0 Å². The van der Waals surface area contributed by atoms with Crippen LogP contribution in [0, 0.1) is 5.92 Å². The molecule has 0 amide bonds. The third-order valence-corrected chi connectivity index (χ3v) is 3.99. The molecule has 0 aromatic carbocycles. The fourth-order valence-corrected chi connectivity index (χ4v) is 3.04. The predicted octanol–water partition coefficient (Wildman–Crippen LogP) is 5.54. The molecule has 1 aliphatic rings. The minimum atomic E-state index is -4.38. The fourth-order valence-electron chi connectivity index (χ4n) is 3.04. The van der Waals surface area contributed by atoms with Crippen molar-refractivity contribution in [1.29, 1.82) is 0 Å². The van der Waals surface area contributed by atoms with Crippen LogP contribution in [-0.4, -0.2) is 47.9 Å². The molecule has 0 bridgehead atoms. The maximum absolute atomic E-state index is 12.9. The summed E-state index contributed by atoms with van der Waals surface area (Å²) in [6.45, 7) is 14.4. The number of nitrogens with zero attached hydrogens (tertiary/aromatic N) is 4. The average Bonchev–Trinajstić information content (AvgIpc) is 2.53. The van der Waals surface area contributed by atoms with Gasteiger partial charge in [0.2, 0.25) is 0 Å². The molecule has 28 heavy (non-hydrogen) atoms. The number of hydrazine groups is 1. The van der Waals surface area contributed by atoms with Gasteiger partial charge in [0.05, 0.1) is 5.57 Å². The molecule has 1 atom stereocenters. The van der Waals surface area contributed by atoms with Crippen LogP contribution in [0.4, 0.5) is 13.2 Å². The van der Waals surface area contributed by atoms with E-state index in [2.05, 4.69) is 60.5 Å². The van der Waals surface area contributed by atoms with E-state index in [0.29, 0.717) is 11.8 Å². The van der Waals surface area contributed by atoms with E-state index >= 15 is 0 Å². The Morgan fingerprint density at radius 1 is 1.32 bits per heavy atom. The van der Waals surface area contributed by atoms with E-state index < -0.39 is 11.7 Å². The van der Waals surface area contributed by atoms with Crippen LogP contribution >= 0.6 is 0 Å². The summed E-state index contributed by atoms with van der Waals surface area (Å²) in [6, 6.07) is 0. The molecular formula is C21H31F3N4. The van der Waals surface area contributed by atoms with Crippen molar-refractivity contribution in [1.82, 2.24) is 10.0 Å². The molecule has 0 aliphatic carbocycles. The van der Waals surface area contributed by atoms with E-state index in [9.17, 15) is 13.2 Å². The molecule has 0 aromatic heterocycles. The lowest BCUT2D eigenvalue weighted by atomic mass is 10.0. The van der Waals surface area contributed by atoms with Crippen LogP contribution in [0.5, 0.6) is 0 Å². The first-order chi connectivity index (χ1) is 12.9. The molecule has 0 fully saturated rings. The van der Waals surface area contributed by atoms with E-state index in [-0.39, 0.29) is 12.0 Å². The zero-order valence-electron chi connectivity index (χ0n) is 17.6. The molecule has 7 heteroatoms. The van der Waals surface area contributed by atoms with Crippen molar-refractivity contribution < 1.29 is 13.2 Å². The van der Waals surface area contributed by atoms with Crippen LogP contribution in [0.3, 0.4) is 0 Å². The molecule has 0 radical (unpaired) electrons. The molecule has 1 heterocycles. The van der Waals surface area contributed by atoms with Gasteiger partial charge in [0.25, 0.3) is 0 Å². The standard InChI is InChI=1S/C21H31F3N4/c1-8-11-17(21(22,23)24)12-9-10-13-18(25-6)26-19-14-16(2)15-27(7)28(19)20(3,4)5/h8-12,14,16H,6,13,15H2,1-5,7H3/b10-9+,11-8-,17-12+,26-18-. The van der Waals surface area contributed by atoms with Gasteiger partial charge in [0.1, 0.15) is 11.7 Å². The molecule has 156 valence electrons. The van der Waals surface area contributed by atoms with Crippen molar-refractivity contribution in [2.24, 2.45) is 15.9 Å². The highest BCUT2D eigenvalue weighted by Crippen LogP contribution is 2.29. The summed E-state index contributed by atoms with van der Waals surface area (Å²) < 4.78 is 38.6. The van der Waals surface area contributed by atoms with Crippen molar-refractivity contribution in [2.45, 2.75) is 52.8 Å². The number of hydrogen-bond donors (Lipinski definition) is 0. The Bertz CT molecular complexity index is 691. The number of aliphatic imine (C=N–C) groups is 2. The van der Waals surface area contributed by atoms with Crippen LogP contribution in [0.1, 0.15) is 41.0 Å². The quantitative estimate of drug-likeness (QED) is 0.347. The van der Waals surface area contributed by atoms with Crippen molar-refractivity contribution in [3.05, 3.63) is 47.9 Å². The summed E-state index contributed by atoms with van der Waals surface area (Å²) in [7, 11) is 2.01. The van der Waals surface area contributed by atoms with Crippen molar-refractivity contribution in [3.8, 4) is 0 Å². The Balaban J connectivity index is 3.06. The highest BCUT2D eigenvalue weighted by atomic mass is 19.4. The molecule has 0 spiro atoms. The largest absolute Gasteiger partial charge is 0.416 e. The first-order valence-electron chi connectivity index (χ1n) is 9.24. The number of halogens is 3. The van der Waals surface area contributed by atoms with E-state index in [1.807, 2.05) is 7.05 Å². The van der Waals surface area contributed by atoms with Gasteiger partial charge < -0.3 is 0 Å². The number of rotatable bonds is 5. The van der Waals surface area contributed by atoms with Crippen LogP contribution in [0.15, 0.2) is 57.8 Å². The second-order valence-electron chi connectivity index (χ2n) is 7.76. The van der Waals surface area contributed by atoms with E-state index in [1.54, 1.807) is 13.0 Å². The predicted molar refractivity (Wildman–Crippen MR) is 111 cm³/mol. The van der Waals surface area contributed by atoms with Crippen LogP contribution in [0.25, 0.3) is 0 Å². The Hall–Kier alpha value is -2.15. The minimum absolute atomic E-state index is 0.177. The lowest BCUT2D eigenvalue weighted by Crippen LogP contribution is -2.53. The maximum Gasteiger partial charge on any atom is 0.416 e. The summed E-state index contributed by atoms with van der Waals surface area (Å²) in [5.74, 6) is 1.54. The number of allylic oxidation sites excluding steroid dienone is 5. The fraction of sp³-hybridized carbons (Fsp3) is 0.524. The van der Waals surface area contributed by atoms with Crippen molar-refractivity contribution in [2.75, 3.05) is 13.6 Å². The van der Waals surface area contributed by atoms with Gasteiger partial charge in [-0.1, -0.05) is 37.3 Å². The molecule has 0 aromatic rings. The molecule has 0 saturated heterocycles. The van der Waals surface area contributed by atoms with Gasteiger partial charge in [0.15, 0.2) is 0 Å². The van der Waals surface area contributed by atoms with Crippen molar-refractivity contribution in [3.63, 3.8) is 0 Å². The van der Waals surface area contributed by atoms with Crippen LogP contribution < -0.4 is 0 Å². The molecule has 1 rings (SSSR count). The summed E-state index contributed by atoms with van der Waals surface area (Å²) in [4.78, 5) is 8.59. The third kappa shape index (κ3) is 7.11. The molecular weight excluding hydrogens is 365 g/mol. The Kier molecular flexibility index (Phi) is 8.42. The molecule has 1 aliphatic heterocycles. The van der Waals surface area contributed by atoms with Gasteiger partial charge in [-0.2, -0.15) is 13.2 Å². The monoisotopic (exact) mass is 396 g/mol. The third-order valence-electron chi connectivity index (χ3n) is 3.99. The van der Waals surface area contributed by atoms with E-state index in [4.69, 9.17) is 0 Å². The van der Waals surface area contributed by atoms with Crippen LogP contribution in [0.2, 0.25) is 0 Å². The SMILES string of the molecule is C=N/C(C/C=C/C=C(\C=C/C)C(F)(F)F)=N\C1=CC(C)CN(C)N1C(C)(C)C. The van der Waals surface area contributed by atoms with Gasteiger partial charge >= 0.3 is 6.18 Å². The van der Waals surface area contributed by atoms with E-state index in [0.717, 1.165) is 24.5 Å². The van der Waals surface area contributed by atoms with Gasteiger partial charge in [0, 0.05) is 25.6 Å². The molecule has 0 saturated carbocycles. The lowest BCUT2D eigenvalue weighted by Gasteiger charge is -2.46. The normalized spacial score (nSPS) is 21.0. The highest BCUT2D eigenvalue weighted by molar-refractivity contribution is 5.88. The molecule has 4 nitrogen and oxygen atoms in total. The first-order valence-corrected chi connectivity index (χ1v) is 9.24. The Morgan fingerprint density at radius 2 is 1.96 bits per heavy atom. The van der Waals surface area contributed by atoms with Gasteiger partial charge in [-0.25, -0.2) is 15.0 Å². The average molecular weight is 397 g/mol. The zero-order valence-corrected chi connectivity index (χ0v) is 17.6. The smallest absolute Gasteiger partial charge is 0.285 e. The Morgan fingerprint density at radius 3 is 2.46 bits per heavy atom. The molecule has 0 N–H and O–H groups in total. The lowest BCUT2D eigenvalue weighted by molar-refractivity contribution is -0.0881. The molecule has 1 unspecified atom stereocenters. The van der Waals surface area contributed by atoms with Gasteiger partial charge in [-0.15, -0.1) is 0 Å². The second kappa shape index (κ2) is 9.87. The summed E-state index contributed by atoms with van der Waals surface area (Å²) >= 11 is 0. The second-order valence-corrected chi connectivity index (χ2v) is 7.76. The summed E-state index contributed by atoms with van der Waals surface area (Å²) in [6.07, 6.45) is 4.39. The Labute approximate surface area is 166 Å². The summed E-state index contributed by atoms with van der Waals surface area (Å²) in [5, 5.41) is 4.21. The minimum Gasteiger partial charge on any atom is -0.285 e. The number of amidine groups is 1. The van der Waals surface area contributed by atoms with Crippen molar-refractivity contribution >= 4 is 12.6 Å².